The summed E-state index contributed by atoms with van der Waals surface area (Å²) >= 11 is 0. The van der Waals surface area contributed by atoms with Crippen LogP contribution in [-0.2, 0) is 19.6 Å². The van der Waals surface area contributed by atoms with Gasteiger partial charge in [0.1, 0.15) is 16.9 Å². The van der Waals surface area contributed by atoms with E-state index in [0.717, 1.165) is 10.4 Å². The number of carbonyl (C=O) groups excluding carboxylic acids is 1. The summed E-state index contributed by atoms with van der Waals surface area (Å²) in [6.45, 7) is 2.46. The number of amides is 1. The van der Waals surface area contributed by atoms with Gasteiger partial charge in [-0.05, 0) is 48.0 Å². The first-order valence-corrected chi connectivity index (χ1v) is 10.9. The molecular weight excluding hydrogens is 429 g/mol. The summed E-state index contributed by atoms with van der Waals surface area (Å²) in [6, 6.07) is 8.77. The van der Waals surface area contributed by atoms with E-state index in [0.29, 0.717) is 18.7 Å². The van der Waals surface area contributed by atoms with Crippen molar-refractivity contribution in [2.45, 2.75) is 11.8 Å². The van der Waals surface area contributed by atoms with Crippen LogP contribution in [0.15, 0.2) is 41.3 Å². The maximum Gasteiger partial charge on any atom is 0.265 e. The third kappa shape index (κ3) is 4.50. The first-order valence-electron chi connectivity index (χ1n) is 9.47. The molecule has 0 unspecified atom stereocenters. The molecule has 164 valence electrons. The standard InChI is InChI=1S/C19H20FN5O5S/c1-13-2-4-16(15(20)10-13)21-19(26)12-30-25-18-11-14(3-5-17(18)22-23-25)31(27,28)24-6-8-29-9-7-24/h2-5,10-11H,6-9,12H2,1H3,(H,21,26). The molecule has 0 aliphatic carbocycles. The number of carbonyl (C=O) groups is 1. The van der Waals surface area contributed by atoms with Crippen LogP contribution in [0, 0.1) is 12.7 Å². The highest BCUT2D eigenvalue weighted by molar-refractivity contribution is 7.89. The molecule has 4 rings (SSSR count). The Morgan fingerprint density at radius 3 is 2.74 bits per heavy atom. The molecule has 0 atom stereocenters. The molecule has 1 amide bonds. The van der Waals surface area contributed by atoms with Crippen LogP contribution in [0.3, 0.4) is 0 Å². The van der Waals surface area contributed by atoms with Crippen LogP contribution in [0.2, 0.25) is 0 Å². The minimum Gasteiger partial charge on any atom is -0.385 e. The number of benzene rings is 2. The van der Waals surface area contributed by atoms with Gasteiger partial charge >= 0.3 is 0 Å². The second-order valence-electron chi connectivity index (χ2n) is 6.93. The lowest BCUT2D eigenvalue weighted by Gasteiger charge is -2.26. The zero-order valence-electron chi connectivity index (χ0n) is 16.6. The van der Waals surface area contributed by atoms with Gasteiger partial charge in [0, 0.05) is 13.1 Å². The van der Waals surface area contributed by atoms with Gasteiger partial charge in [0.05, 0.1) is 23.8 Å². The molecule has 12 heteroatoms. The third-order valence-electron chi connectivity index (χ3n) is 4.71. The van der Waals surface area contributed by atoms with Gasteiger partial charge in [0.25, 0.3) is 5.91 Å². The lowest BCUT2D eigenvalue weighted by atomic mass is 10.2. The number of hydrogen-bond acceptors (Lipinski definition) is 7. The van der Waals surface area contributed by atoms with Crippen LogP contribution in [0.1, 0.15) is 5.56 Å². The Morgan fingerprint density at radius 2 is 2.00 bits per heavy atom. The van der Waals surface area contributed by atoms with Crippen LogP contribution in [-0.4, -0.2) is 66.7 Å². The Hall–Kier alpha value is -3.09. The normalized spacial score (nSPS) is 15.2. The number of rotatable bonds is 6. The van der Waals surface area contributed by atoms with E-state index in [1.807, 2.05) is 0 Å². The van der Waals surface area contributed by atoms with Gasteiger partial charge in [0.15, 0.2) is 6.61 Å². The monoisotopic (exact) mass is 449 g/mol. The third-order valence-corrected chi connectivity index (χ3v) is 6.61. The van der Waals surface area contributed by atoms with Gasteiger partial charge < -0.3 is 14.9 Å². The van der Waals surface area contributed by atoms with Crippen molar-refractivity contribution < 1.29 is 27.2 Å². The molecule has 1 aliphatic rings. The van der Waals surface area contributed by atoms with Crippen LogP contribution in [0.25, 0.3) is 11.0 Å². The lowest BCUT2D eigenvalue weighted by molar-refractivity contribution is -0.121. The molecule has 1 N–H and O–H groups in total. The van der Waals surface area contributed by atoms with Gasteiger partial charge in [-0.3, -0.25) is 4.79 Å². The highest BCUT2D eigenvalue weighted by Gasteiger charge is 2.27. The van der Waals surface area contributed by atoms with Crippen molar-refractivity contribution in [2.75, 3.05) is 38.2 Å². The van der Waals surface area contributed by atoms with Gasteiger partial charge in [-0.1, -0.05) is 10.9 Å². The Morgan fingerprint density at radius 1 is 1.23 bits per heavy atom. The molecule has 2 heterocycles. The van der Waals surface area contributed by atoms with E-state index in [-0.39, 0.29) is 29.2 Å². The Balaban J connectivity index is 1.49. The molecular formula is C19H20FN5O5S. The highest BCUT2D eigenvalue weighted by atomic mass is 32.2. The molecule has 1 aliphatic heterocycles. The fourth-order valence-electron chi connectivity index (χ4n) is 3.10. The molecule has 3 aromatic rings. The predicted molar refractivity (Wildman–Crippen MR) is 108 cm³/mol. The summed E-state index contributed by atoms with van der Waals surface area (Å²) in [4.78, 5) is 18.5. The number of nitrogens with one attached hydrogen (secondary N) is 1. The summed E-state index contributed by atoms with van der Waals surface area (Å²) in [5.74, 6) is -1.17. The Bertz CT molecular complexity index is 1220. The molecule has 2 aromatic carbocycles. The number of ether oxygens (including phenoxy) is 1. The highest BCUT2D eigenvalue weighted by Crippen LogP contribution is 2.21. The van der Waals surface area contributed by atoms with E-state index in [1.165, 1.54) is 34.6 Å². The van der Waals surface area contributed by atoms with Crippen molar-refractivity contribution in [2.24, 2.45) is 0 Å². The van der Waals surface area contributed by atoms with Crippen LogP contribution < -0.4 is 10.2 Å². The molecule has 0 bridgehead atoms. The Kier molecular flexibility index (Phi) is 5.85. The van der Waals surface area contributed by atoms with Crippen LogP contribution >= 0.6 is 0 Å². The predicted octanol–water partition coefficient (Wildman–Crippen LogP) is 0.967. The van der Waals surface area contributed by atoms with Gasteiger partial charge in [-0.15, -0.1) is 5.10 Å². The quantitative estimate of drug-likeness (QED) is 0.596. The average Bonchev–Trinajstić information content (AvgIpc) is 3.17. The number of aryl methyl sites for hydroxylation is 1. The fourth-order valence-corrected chi connectivity index (χ4v) is 4.53. The average molecular weight is 449 g/mol. The summed E-state index contributed by atoms with van der Waals surface area (Å²) in [5, 5.41) is 10.1. The van der Waals surface area contributed by atoms with Crippen molar-refractivity contribution in [1.29, 1.82) is 0 Å². The zero-order chi connectivity index (χ0) is 22.0. The molecule has 1 saturated heterocycles. The molecule has 0 radical (unpaired) electrons. The van der Waals surface area contributed by atoms with Gasteiger partial charge in [0.2, 0.25) is 10.0 Å². The maximum atomic E-state index is 13.9. The van der Waals surface area contributed by atoms with Gasteiger partial charge in [-0.2, -0.15) is 4.31 Å². The number of anilines is 1. The number of morpholine rings is 1. The Labute approximate surface area is 177 Å². The SMILES string of the molecule is Cc1ccc(NC(=O)COn2nnc3ccc(S(=O)(=O)N4CCOCC4)cc32)c(F)c1. The minimum atomic E-state index is -3.72. The van der Waals surface area contributed by atoms with Gasteiger partial charge in [-0.25, -0.2) is 12.8 Å². The molecule has 1 fully saturated rings. The summed E-state index contributed by atoms with van der Waals surface area (Å²) in [6.07, 6.45) is 0. The number of nitrogens with zero attached hydrogens (tertiary/aromatic N) is 4. The summed E-state index contributed by atoms with van der Waals surface area (Å²) < 4.78 is 46.2. The lowest BCUT2D eigenvalue weighted by Crippen LogP contribution is -2.40. The van der Waals surface area contributed by atoms with E-state index >= 15 is 0 Å². The number of sulfonamides is 1. The molecule has 10 nitrogen and oxygen atoms in total. The number of fused-ring (bicyclic) bond motifs is 1. The number of hydrogen-bond donors (Lipinski definition) is 1. The smallest absolute Gasteiger partial charge is 0.265 e. The van der Waals surface area contributed by atoms with Crippen molar-refractivity contribution in [3.63, 3.8) is 0 Å². The fraction of sp³-hybridized carbons (Fsp3) is 0.316. The topological polar surface area (TPSA) is 116 Å². The first kappa shape index (κ1) is 21.2. The van der Waals surface area contributed by atoms with E-state index in [9.17, 15) is 17.6 Å². The number of aromatic nitrogens is 3. The summed E-state index contributed by atoms with van der Waals surface area (Å²) in [5.41, 5.74) is 1.43. The van der Waals surface area contributed by atoms with E-state index < -0.39 is 28.4 Å². The van der Waals surface area contributed by atoms with E-state index in [1.54, 1.807) is 13.0 Å². The van der Waals surface area contributed by atoms with E-state index in [2.05, 4.69) is 15.6 Å². The van der Waals surface area contributed by atoms with Crippen LogP contribution in [0.5, 0.6) is 0 Å². The van der Waals surface area contributed by atoms with Crippen molar-refractivity contribution in [1.82, 2.24) is 19.5 Å². The molecule has 31 heavy (non-hydrogen) atoms. The number of halogens is 1. The largest absolute Gasteiger partial charge is 0.385 e. The zero-order valence-corrected chi connectivity index (χ0v) is 17.4. The van der Waals surface area contributed by atoms with E-state index in [4.69, 9.17) is 9.57 Å². The van der Waals surface area contributed by atoms with Crippen molar-refractivity contribution in [3.8, 4) is 0 Å². The van der Waals surface area contributed by atoms with Crippen molar-refractivity contribution in [3.05, 3.63) is 47.8 Å². The maximum absolute atomic E-state index is 13.9. The molecule has 0 spiro atoms. The molecule has 0 saturated carbocycles. The second-order valence-corrected chi connectivity index (χ2v) is 8.87. The van der Waals surface area contributed by atoms with Crippen molar-refractivity contribution >= 4 is 32.7 Å². The molecule has 1 aromatic heterocycles. The second kappa shape index (κ2) is 8.57. The first-order chi connectivity index (χ1) is 14.8. The van der Waals surface area contributed by atoms with Crippen LogP contribution in [0.4, 0.5) is 10.1 Å². The summed E-state index contributed by atoms with van der Waals surface area (Å²) in [7, 11) is -3.72. The minimum absolute atomic E-state index is 0.0292.